The number of amides is 1. The van der Waals surface area contributed by atoms with Crippen LogP contribution in [0.25, 0.3) is 0 Å². The van der Waals surface area contributed by atoms with Crippen molar-refractivity contribution in [1.29, 1.82) is 0 Å². The van der Waals surface area contributed by atoms with E-state index >= 15 is 0 Å². The highest BCUT2D eigenvalue weighted by Gasteiger charge is 2.37. The van der Waals surface area contributed by atoms with Gasteiger partial charge in [0.25, 0.3) is 0 Å². The summed E-state index contributed by atoms with van der Waals surface area (Å²) in [6, 6.07) is 0. The number of carbonyl (C=O) groups excluding carboxylic acids is 1. The molecule has 1 aliphatic rings. The molecule has 136 valence electrons. The van der Waals surface area contributed by atoms with E-state index in [1.54, 1.807) is 19.1 Å². The fraction of sp³-hybridized carbons (Fsp3) is 0.929. The highest BCUT2D eigenvalue weighted by molar-refractivity contribution is 7.88. The molecule has 1 rings (SSSR count). The summed E-state index contributed by atoms with van der Waals surface area (Å²) in [7, 11) is -0.157. The van der Waals surface area contributed by atoms with Gasteiger partial charge in [-0.25, -0.2) is 13.1 Å². The Kier molecular flexibility index (Phi) is 8.41. The van der Waals surface area contributed by atoms with Crippen LogP contribution in [-0.4, -0.2) is 84.8 Å². The van der Waals surface area contributed by atoms with Gasteiger partial charge in [-0.05, 0) is 19.3 Å². The molecule has 8 nitrogen and oxygen atoms in total. The summed E-state index contributed by atoms with van der Waals surface area (Å²) in [6.45, 7) is 2.32. The van der Waals surface area contributed by atoms with Gasteiger partial charge < -0.3 is 19.1 Å². The first kappa shape index (κ1) is 20.3. The fourth-order valence-corrected chi connectivity index (χ4v) is 3.76. The largest absolute Gasteiger partial charge is 0.385 e. The Hall–Kier alpha value is -0.740. The van der Waals surface area contributed by atoms with E-state index in [1.807, 2.05) is 0 Å². The van der Waals surface area contributed by atoms with Crippen LogP contribution in [0.4, 0.5) is 0 Å². The lowest BCUT2D eigenvalue weighted by molar-refractivity contribution is -0.138. The molecule has 0 saturated carbocycles. The zero-order valence-electron chi connectivity index (χ0n) is 14.2. The van der Waals surface area contributed by atoms with Gasteiger partial charge >= 0.3 is 0 Å². The molecule has 0 bridgehead atoms. The number of rotatable bonds is 10. The number of likely N-dealkylation sites (tertiary alicyclic amines) is 1. The van der Waals surface area contributed by atoms with E-state index in [4.69, 9.17) is 14.2 Å². The maximum Gasteiger partial charge on any atom is 0.248 e. The molecule has 1 N–H and O–H groups in total. The topological polar surface area (TPSA) is 94.2 Å². The van der Waals surface area contributed by atoms with E-state index in [9.17, 15) is 13.2 Å². The molecule has 9 heteroatoms. The van der Waals surface area contributed by atoms with Gasteiger partial charge in [-0.2, -0.15) is 0 Å². The third kappa shape index (κ3) is 7.58. The number of nitrogens with one attached hydrogen (secondary N) is 1. The van der Waals surface area contributed by atoms with Crippen molar-refractivity contribution in [2.24, 2.45) is 0 Å². The van der Waals surface area contributed by atoms with Gasteiger partial charge in [0.05, 0.1) is 19.5 Å². The summed E-state index contributed by atoms with van der Waals surface area (Å²) in [5.74, 6) is -0.0826. The monoisotopic (exact) mass is 352 g/mol. The SMILES string of the molecule is COCCOCC(=O)N1CCC(CCOC)(NS(C)(=O)=O)CC1. The number of methoxy groups -OCH3 is 2. The van der Waals surface area contributed by atoms with Crippen LogP contribution in [0.15, 0.2) is 0 Å². The van der Waals surface area contributed by atoms with E-state index in [1.165, 1.54) is 0 Å². The Balaban J connectivity index is 2.52. The molecule has 0 aromatic heterocycles. The lowest BCUT2D eigenvalue weighted by Crippen LogP contribution is -2.56. The van der Waals surface area contributed by atoms with Crippen molar-refractivity contribution in [2.45, 2.75) is 24.8 Å². The standard InChI is InChI=1S/C14H28N2O6S/c1-20-9-6-14(15-23(3,18)19)4-7-16(8-5-14)13(17)12-22-11-10-21-2/h15H,4-12H2,1-3H3. The minimum atomic E-state index is -3.32. The van der Waals surface area contributed by atoms with Gasteiger partial charge in [0.15, 0.2) is 0 Å². The van der Waals surface area contributed by atoms with Crippen molar-refractivity contribution in [3.05, 3.63) is 0 Å². The molecule has 1 aliphatic heterocycles. The van der Waals surface area contributed by atoms with E-state index in [0.717, 1.165) is 6.26 Å². The van der Waals surface area contributed by atoms with Crippen LogP contribution in [-0.2, 0) is 29.0 Å². The van der Waals surface area contributed by atoms with Crippen LogP contribution in [0, 0.1) is 0 Å². The molecule has 1 saturated heterocycles. The van der Waals surface area contributed by atoms with Gasteiger partial charge in [0, 0.05) is 39.5 Å². The molecular weight excluding hydrogens is 324 g/mol. The van der Waals surface area contributed by atoms with Crippen molar-refractivity contribution >= 4 is 15.9 Å². The van der Waals surface area contributed by atoms with Gasteiger partial charge in [-0.3, -0.25) is 4.79 Å². The molecule has 0 radical (unpaired) electrons. The Morgan fingerprint density at radius 2 is 1.74 bits per heavy atom. The molecule has 1 heterocycles. The second-order valence-corrected chi connectivity index (χ2v) is 7.57. The predicted molar refractivity (Wildman–Crippen MR) is 85.7 cm³/mol. The number of piperidine rings is 1. The average Bonchev–Trinajstić information content (AvgIpc) is 2.48. The van der Waals surface area contributed by atoms with Crippen LogP contribution in [0.3, 0.4) is 0 Å². The summed E-state index contributed by atoms with van der Waals surface area (Å²) >= 11 is 0. The number of ether oxygens (including phenoxy) is 3. The lowest BCUT2D eigenvalue weighted by Gasteiger charge is -2.41. The molecule has 0 aromatic carbocycles. The first-order chi connectivity index (χ1) is 10.8. The molecule has 1 fully saturated rings. The maximum atomic E-state index is 12.1. The van der Waals surface area contributed by atoms with Gasteiger partial charge in [0.1, 0.15) is 6.61 Å². The van der Waals surface area contributed by atoms with Crippen LogP contribution in [0.2, 0.25) is 0 Å². The molecule has 0 atom stereocenters. The Bertz CT molecular complexity index is 460. The predicted octanol–water partition coefficient (Wildman–Crippen LogP) is -0.404. The van der Waals surface area contributed by atoms with E-state index in [0.29, 0.717) is 52.2 Å². The highest BCUT2D eigenvalue weighted by atomic mass is 32.2. The minimum Gasteiger partial charge on any atom is -0.385 e. The zero-order valence-corrected chi connectivity index (χ0v) is 15.0. The second kappa shape index (κ2) is 9.53. The molecular formula is C14H28N2O6S. The van der Waals surface area contributed by atoms with Crippen molar-refractivity contribution in [3.8, 4) is 0 Å². The number of sulfonamides is 1. The average molecular weight is 352 g/mol. The first-order valence-corrected chi connectivity index (χ1v) is 9.53. The van der Waals surface area contributed by atoms with Crippen LogP contribution in [0.5, 0.6) is 0 Å². The van der Waals surface area contributed by atoms with Gasteiger partial charge in [-0.1, -0.05) is 0 Å². The third-order valence-electron chi connectivity index (χ3n) is 3.92. The smallest absolute Gasteiger partial charge is 0.248 e. The van der Waals surface area contributed by atoms with Crippen LogP contribution < -0.4 is 4.72 Å². The zero-order chi connectivity index (χ0) is 17.3. The fourth-order valence-electron chi connectivity index (χ4n) is 2.67. The Morgan fingerprint density at radius 3 is 2.26 bits per heavy atom. The van der Waals surface area contributed by atoms with E-state index in [2.05, 4.69) is 4.72 Å². The molecule has 0 unspecified atom stereocenters. The summed E-state index contributed by atoms with van der Waals surface area (Å²) in [5, 5.41) is 0. The third-order valence-corrected chi connectivity index (χ3v) is 4.72. The van der Waals surface area contributed by atoms with Gasteiger partial charge in [-0.15, -0.1) is 0 Å². The molecule has 0 aliphatic carbocycles. The van der Waals surface area contributed by atoms with Gasteiger partial charge in [0.2, 0.25) is 15.9 Å². The highest BCUT2D eigenvalue weighted by Crippen LogP contribution is 2.27. The summed E-state index contributed by atoms with van der Waals surface area (Å²) in [5.41, 5.74) is -0.544. The normalized spacial score (nSPS) is 18.1. The number of carbonyl (C=O) groups is 1. The summed E-state index contributed by atoms with van der Waals surface area (Å²) in [6.07, 6.45) is 2.87. The van der Waals surface area contributed by atoms with Crippen LogP contribution in [0.1, 0.15) is 19.3 Å². The van der Waals surface area contributed by atoms with Crippen molar-refractivity contribution < 1.29 is 27.4 Å². The molecule has 23 heavy (non-hydrogen) atoms. The van der Waals surface area contributed by atoms with Crippen molar-refractivity contribution in [1.82, 2.24) is 9.62 Å². The lowest BCUT2D eigenvalue weighted by atomic mass is 9.85. The molecule has 0 aromatic rings. The molecule has 0 spiro atoms. The van der Waals surface area contributed by atoms with Crippen molar-refractivity contribution in [2.75, 3.05) is 60.0 Å². The Labute approximate surface area is 138 Å². The first-order valence-electron chi connectivity index (χ1n) is 7.64. The molecule has 1 amide bonds. The summed E-state index contributed by atoms with van der Waals surface area (Å²) in [4.78, 5) is 13.8. The second-order valence-electron chi connectivity index (χ2n) is 5.82. The quantitative estimate of drug-likeness (QED) is 0.538. The van der Waals surface area contributed by atoms with Crippen LogP contribution >= 0.6 is 0 Å². The summed E-state index contributed by atoms with van der Waals surface area (Å²) < 4.78 is 41.2. The Morgan fingerprint density at radius 1 is 1.13 bits per heavy atom. The van der Waals surface area contributed by atoms with E-state index < -0.39 is 15.6 Å². The minimum absolute atomic E-state index is 0.0218. The number of hydrogen-bond acceptors (Lipinski definition) is 6. The maximum absolute atomic E-state index is 12.1. The number of hydrogen-bond donors (Lipinski definition) is 1. The van der Waals surface area contributed by atoms with E-state index in [-0.39, 0.29) is 12.5 Å². The number of nitrogens with zero attached hydrogens (tertiary/aromatic N) is 1. The van der Waals surface area contributed by atoms with Crippen molar-refractivity contribution in [3.63, 3.8) is 0 Å².